The number of hydrogen-bond donors (Lipinski definition) is 1. The van der Waals surface area contributed by atoms with Crippen LogP contribution in [-0.4, -0.2) is 29.1 Å². The first kappa shape index (κ1) is 12.7. The van der Waals surface area contributed by atoms with E-state index in [9.17, 15) is 4.79 Å². The second-order valence-corrected chi connectivity index (χ2v) is 4.01. The molecule has 5 nitrogen and oxygen atoms in total. The Kier molecular flexibility index (Phi) is 4.06. The number of hydrogen-bond acceptors (Lipinski definition) is 4. The molecule has 0 aromatic carbocycles. The summed E-state index contributed by atoms with van der Waals surface area (Å²) in [6.07, 6.45) is 0.644. The number of carbonyl (C=O) groups excluding carboxylic acids is 1. The largest absolute Gasteiger partial charge is 0.361 e. The molecule has 0 bridgehead atoms. The van der Waals surface area contributed by atoms with Crippen LogP contribution in [0.25, 0.3) is 0 Å². The molecule has 0 aliphatic heterocycles. The van der Waals surface area contributed by atoms with Crippen LogP contribution in [0.3, 0.4) is 0 Å². The van der Waals surface area contributed by atoms with E-state index in [4.69, 9.17) is 10.3 Å². The molecule has 1 unspecified atom stereocenters. The second kappa shape index (κ2) is 5.12. The molecule has 16 heavy (non-hydrogen) atoms. The predicted octanol–water partition coefficient (Wildman–Crippen LogP) is 0.987. The first-order chi connectivity index (χ1) is 7.47. The standard InChI is InChI=1S/C11H19N3O2/c1-5-10(12)11(15)14(4)6-9-7(2)13-16-8(9)3/h10H,5-6,12H2,1-4H3. The van der Waals surface area contributed by atoms with Crippen LogP contribution in [-0.2, 0) is 11.3 Å². The van der Waals surface area contributed by atoms with E-state index in [1.54, 1.807) is 11.9 Å². The van der Waals surface area contributed by atoms with Crippen molar-refractivity contribution in [1.29, 1.82) is 0 Å². The minimum atomic E-state index is -0.425. The Morgan fingerprint density at radius 1 is 1.56 bits per heavy atom. The molecule has 0 saturated carbocycles. The molecule has 0 aliphatic carbocycles. The Hall–Kier alpha value is -1.36. The van der Waals surface area contributed by atoms with Gasteiger partial charge in [-0.3, -0.25) is 4.79 Å². The van der Waals surface area contributed by atoms with E-state index >= 15 is 0 Å². The highest BCUT2D eigenvalue weighted by atomic mass is 16.5. The van der Waals surface area contributed by atoms with Crippen LogP contribution in [0.4, 0.5) is 0 Å². The highest BCUT2D eigenvalue weighted by Crippen LogP contribution is 2.14. The molecule has 0 fully saturated rings. The van der Waals surface area contributed by atoms with Crippen LogP contribution < -0.4 is 5.73 Å². The molecule has 0 aliphatic rings. The van der Waals surface area contributed by atoms with Gasteiger partial charge in [-0.1, -0.05) is 12.1 Å². The molecule has 1 atom stereocenters. The number of carbonyl (C=O) groups is 1. The van der Waals surface area contributed by atoms with Crippen molar-refractivity contribution in [3.8, 4) is 0 Å². The van der Waals surface area contributed by atoms with Crippen LogP contribution in [0.5, 0.6) is 0 Å². The van der Waals surface area contributed by atoms with Crippen LogP contribution in [0.2, 0.25) is 0 Å². The molecular formula is C11H19N3O2. The van der Waals surface area contributed by atoms with Gasteiger partial charge < -0.3 is 15.2 Å². The van der Waals surface area contributed by atoms with E-state index in [1.807, 2.05) is 20.8 Å². The molecule has 1 aromatic rings. The van der Waals surface area contributed by atoms with Gasteiger partial charge in [0.05, 0.1) is 18.3 Å². The first-order valence-electron chi connectivity index (χ1n) is 5.39. The average molecular weight is 225 g/mol. The topological polar surface area (TPSA) is 72.4 Å². The molecular weight excluding hydrogens is 206 g/mol. The Labute approximate surface area is 95.6 Å². The van der Waals surface area contributed by atoms with Crippen molar-refractivity contribution in [1.82, 2.24) is 10.1 Å². The smallest absolute Gasteiger partial charge is 0.239 e. The van der Waals surface area contributed by atoms with Gasteiger partial charge in [-0.2, -0.15) is 0 Å². The molecule has 1 heterocycles. The van der Waals surface area contributed by atoms with Gasteiger partial charge in [-0.15, -0.1) is 0 Å². The number of aromatic nitrogens is 1. The predicted molar refractivity (Wildman–Crippen MR) is 60.7 cm³/mol. The molecule has 90 valence electrons. The van der Waals surface area contributed by atoms with Crippen molar-refractivity contribution in [3.63, 3.8) is 0 Å². The van der Waals surface area contributed by atoms with Crippen molar-refractivity contribution in [2.24, 2.45) is 5.73 Å². The van der Waals surface area contributed by atoms with E-state index in [-0.39, 0.29) is 5.91 Å². The van der Waals surface area contributed by atoms with E-state index < -0.39 is 6.04 Å². The fourth-order valence-corrected chi connectivity index (χ4v) is 1.50. The SMILES string of the molecule is CCC(N)C(=O)N(C)Cc1c(C)noc1C. The zero-order chi connectivity index (χ0) is 12.3. The van der Waals surface area contributed by atoms with Gasteiger partial charge in [0.1, 0.15) is 5.76 Å². The van der Waals surface area contributed by atoms with Gasteiger partial charge in [0.25, 0.3) is 0 Å². The molecule has 0 spiro atoms. The highest BCUT2D eigenvalue weighted by Gasteiger charge is 2.19. The summed E-state index contributed by atoms with van der Waals surface area (Å²) in [5.74, 6) is 0.699. The minimum Gasteiger partial charge on any atom is -0.361 e. The van der Waals surface area contributed by atoms with Gasteiger partial charge in [0, 0.05) is 12.6 Å². The molecule has 5 heteroatoms. The minimum absolute atomic E-state index is 0.0532. The van der Waals surface area contributed by atoms with Crippen molar-refractivity contribution in [3.05, 3.63) is 17.0 Å². The highest BCUT2D eigenvalue weighted by molar-refractivity contribution is 5.81. The lowest BCUT2D eigenvalue weighted by molar-refractivity contribution is -0.131. The fraction of sp³-hybridized carbons (Fsp3) is 0.636. The maximum absolute atomic E-state index is 11.8. The summed E-state index contributed by atoms with van der Waals surface area (Å²) in [6.45, 7) is 6.09. The molecule has 1 rings (SSSR count). The van der Waals surface area contributed by atoms with Gasteiger partial charge in [-0.25, -0.2) is 0 Å². The number of nitrogens with zero attached hydrogens (tertiary/aromatic N) is 2. The lowest BCUT2D eigenvalue weighted by Crippen LogP contribution is -2.41. The number of nitrogens with two attached hydrogens (primary N) is 1. The summed E-state index contributed by atoms with van der Waals surface area (Å²) in [6, 6.07) is -0.425. The molecule has 0 radical (unpaired) electrons. The quantitative estimate of drug-likeness (QED) is 0.829. The van der Waals surface area contributed by atoms with Crippen molar-refractivity contribution >= 4 is 5.91 Å². The Balaban J connectivity index is 2.71. The second-order valence-electron chi connectivity index (χ2n) is 4.01. The summed E-state index contributed by atoms with van der Waals surface area (Å²) in [4.78, 5) is 13.4. The Bertz CT molecular complexity index is 354. The van der Waals surface area contributed by atoms with Crippen LogP contribution in [0, 0.1) is 13.8 Å². The summed E-state index contributed by atoms with van der Waals surface area (Å²) < 4.78 is 5.04. The van der Waals surface area contributed by atoms with Crippen LogP contribution in [0.1, 0.15) is 30.4 Å². The van der Waals surface area contributed by atoms with Crippen LogP contribution in [0.15, 0.2) is 4.52 Å². The van der Waals surface area contributed by atoms with Crippen LogP contribution >= 0.6 is 0 Å². The number of aryl methyl sites for hydroxylation is 2. The lowest BCUT2D eigenvalue weighted by Gasteiger charge is -2.20. The van der Waals surface area contributed by atoms with Gasteiger partial charge >= 0.3 is 0 Å². The molecule has 1 amide bonds. The third-order valence-corrected chi connectivity index (χ3v) is 2.71. The van der Waals surface area contributed by atoms with Gasteiger partial charge in [0.15, 0.2) is 0 Å². The Morgan fingerprint density at radius 2 is 2.19 bits per heavy atom. The monoisotopic (exact) mass is 225 g/mol. The number of amides is 1. The van der Waals surface area contributed by atoms with Crippen molar-refractivity contribution < 1.29 is 9.32 Å². The summed E-state index contributed by atoms with van der Waals surface area (Å²) in [5, 5.41) is 3.85. The zero-order valence-electron chi connectivity index (χ0n) is 10.3. The zero-order valence-corrected chi connectivity index (χ0v) is 10.3. The van der Waals surface area contributed by atoms with E-state index in [0.717, 1.165) is 17.0 Å². The van der Waals surface area contributed by atoms with Crippen molar-refractivity contribution in [2.45, 2.75) is 39.8 Å². The first-order valence-corrected chi connectivity index (χ1v) is 5.39. The summed E-state index contributed by atoms with van der Waals surface area (Å²) in [5.41, 5.74) is 7.47. The normalized spacial score (nSPS) is 12.6. The average Bonchev–Trinajstić information content (AvgIpc) is 2.58. The lowest BCUT2D eigenvalue weighted by atomic mass is 10.1. The van der Waals surface area contributed by atoms with E-state index in [0.29, 0.717) is 13.0 Å². The molecule has 0 saturated heterocycles. The summed E-state index contributed by atoms with van der Waals surface area (Å²) in [7, 11) is 1.74. The maximum Gasteiger partial charge on any atom is 0.239 e. The third-order valence-electron chi connectivity index (χ3n) is 2.71. The van der Waals surface area contributed by atoms with Gasteiger partial charge in [-0.05, 0) is 20.3 Å². The van der Waals surface area contributed by atoms with Gasteiger partial charge in [0.2, 0.25) is 5.91 Å². The fourth-order valence-electron chi connectivity index (χ4n) is 1.50. The number of rotatable bonds is 4. The number of likely N-dealkylation sites (N-methyl/N-ethyl adjacent to an activating group) is 1. The maximum atomic E-state index is 11.8. The molecule has 1 aromatic heterocycles. The van der Waals surface area contributed by atoms with E-state index in [2.05, 4.69) is 5.16 Å². The third kappa shape index (κ3) is 2.61. The van der Waals surface area contributed by atoms with E-state index in [1.165, 1.54) is 0 Å². The summed E-state index contributed by atoms with van der Waals surface area (Å²) >= 11 is 0. The molecule has 2 N–H and O–H groups in total. The Morgan fingerprint density at radius 3 is 2.62 bits per heavy atom. The van der Waals surface area contributed by atoms with Crippen molar-refractivity contribution in [2.75, 3.05) is 7.05 Å².